The maximum absolute atomic E-state index is 11.8. The van der Waals surface area contributed by atoms with Gasteiger partial charge in [0.05, 0.1) is 18.4 Å². The van der Waals surface area contributed by atoms with E-state index in [-0.39, 0.29) is 5.91 Å². The smallest absolute Gasteiger partial charge is 0.337 e. The van der Waals surface area contributed by atoms with Gasteiger partial charge >= 0.3 is 5.97 Å². The molecule has 1 amide bonds. The summed E-state index contributed by atoms with van der Waals surface area (Å²) in [5.74, 6) is -0.552. The van der Waals surface area contributed by atoms with Crippen LogP contribution in [0, 0.1) is 0 Å². The number of amides is 1. The fraction of sp³-hybridized carbons (Fsp3) is 0.231. The third-order valence-corrected chi connectivity index (χ3v) is 3.97. The Balaban J connectivity index is 2.44. The molecule has 0 spiro atoms. The van der Waals surface area contributed by atoms with Crippen LogP contribution in [0.5, 0.6) is 0 Å². The van der Waals surface area contributed by atoms with E-state index in [2.05, 4.69) is 10.1 Å². The number of nitrogens with one attached hydrogen (secondary N) is 1. The quantitative estimate of drug-likeness (QED) is 0.792. The summed E-state index contributed by atoms with van der Waals surface area (Å²) < 4.78 is 4.66. The molecular formula is C13H13NO3S. The molecule has 4 nitrogen and oxygen atoms in total. The van der Waals surface area contributed by atoms with Crippen molar-refractivity contribution in [2.45, 2.75) is 18.7 Å². The number of anilines is 1. The lowest BCUT2D eigenvalue weighted by molar-refractivity contribution is -0.112. The summed E-state index contributed by atoms with van der Waals surface area (Å²) in [6.07, 6.45) is 0. The van der Waals surface area contributed by atoms with Gasteiger partial charge in [-0.05, 0) is 37.0 Å². The van der Waals surface area contributed by atoms with Crippen molar-refractivity contribution in [1.29, 1.82) is 0 Å². The van der Waals surface area contributed by atoms with Gasteiger partial charge in [0, 0.05) is 10.5 Å². The van der Waals surface area contributed by atoms with Crippen LogP contribution in [0.15, 0.2) is 33.6 Å². The minimum atomic E-state index is -0.414. The highest BCUT2D eigenvalue weighted by molar-refractivity contribution is 8.03. The molecule has 1 aromatic carbocycles. The summed E-state index contributed by atoms with van der Waals surface area (Å²) in [7, 11) is 1.33. The molecule has 0 unspecified atom stereocenters. The Morgan fingerprint density at radius 3 is 2.72 bits per heavy atom. The van der Waals surface area contributed by atoms with E-state index in [0.29, 0.717) is 16.8 Å². The first-order chi connectivity index (χ1) is 8.52. The van der Waals surface area contributed by atoms with Gasteiger partial charge in [-0.1, -0.05) is 11.8 Å². The van der Waals surface area contributed by atoms with Crippen LogP contribution in [0.25, 0.3) is 0 Å². The number of hydrogen-bond donors (Lipinski definition) is 1. The molecule has 1 aromatic rings. The molecule has 0 saturated heterocycles. The maximum Gasteiger partial charge on any atom is 0.337 e. The number of rotatable bonds is 1. The molecule has 1 heterocycles. The Hall–Kier alpha value is -1.75. The first-order valence-corrected chi connectivity index (χ1v) is 6.23. The van der Waals surface area contributed by atoms with Gasteiger partial charge in [-0.15, -0.1) is 0 Å². The standard InChI is InChI=1S/C13H13NO3S/c1-7-8(2)18-11-5-4-9(13(16)17-3)6-10(11)14-12(7)15/h4-6H,1-3H3,(H,14,15). The second-order valence-electron chi connectivity index (χ2n) is 3.94. The number of methoxy groups -OCH3 is 1. The summed E-state index contributed by atoms with van der Waals surface area (Å²) in [5.41, 5.74) is 1.76. The van der Waals surface area contributed by atoms with Crippen molar-refractivity contribution < 1.29 is 14.3 Å². The topological polar surface area (TPSA) is 55.4 Å². The fourth-order valence-corrected chi connectivity index (χ4v) is 2.51. The molecule has 5 heteroatoms. The van der Waals surface area contributed by atoms with E-state index < -0.39 is 5.97 Å². The van der Waals surface area contributed by atoms with Crippen LogP contribution in [0.3, 0.4) is 0 Å². The van der Waals surface area contributed by atoms with Crippen LogP contribution < -0.4 is 5.32 Å². The number of carbonyl (C=O) groups is 2. The van der Waals surface area contributed by atoms with Crippen LogP contribution in [0.4, 0.5) is 5.69 Å². The number of ether oxygens (including phenoxy) is 1. The van der Waals surface area contributed by atoms with E-state index >= 15 is 0 Å². The lowest BCUT2D eigenvalue weighted by atomic mass is 10.2. The van der Waals surface area contributed by atoms with Gasteiger partial charge in [-0.2, -0.15) is 0 Å². The van der Waals surface area contributed by atoms with Gasteiger partial charge in [0.25, 0.3) is 5.91 Å². The van der Waals surface area contributed by atoms with E-state index in [0.717, 1.165) is 9.80 Å². The first-order valence-electron chi connectivity index (χ1n) is 5.42. The number of esters is 1. The van der Waals surface area contributed by atoms with Crippen LogP contribution in [0.1, 0.15) is 24.2 Å². The van der Waals surface area contributed by atoms with Crippen molar-refractivity contribution in [3.63, 3.8) is 0 Å². The number of thioether (sulfide) groups is 1. The van der Waals surface area contributed by atoms with Crippen molar-refractivity contribution in [2.75, 3.05) is 12.4 Å². The normalized spacial score (nSPS) is 14.7. The summed E-state index contributed by atoms with van der Waals surface area (Å²) in [4.78, 5) is 25.2. The maximum atomic E-state index is 11.8. The van der Waals surface area contributed by atoms with E-state index in [1.165, 1.54) is 18.9 Å². The molecule has 0 aliphatic carbocycles. The van der Waals surface area contributed by atoms with Gasteiger partial charge in [-0.25, -0.2) is 4.79 Å². The SMILES string of the molecule is COC(=O)c1ccc2c(c1)NC(=O)C(C)=C(C)S2. The second-order valence-corrected chi connectivity index (χ2v) is 5.20. The molecule has 94 valence electrons. The van der Waals surface area contributed by atoms with Gasteiger partial charge in [0.15, 0.2) is 0 Å². The number of carbonyl (C=O) groups excluding carboxylic acids is 2. The first kappa shape index (κ1) is 12.7. The van der Waals surface area contributed by atoms with E-state index in [1.807, 2.05) is 13.0 Å². The molecule has 18 heavy (non-hydrogen) atoms. The highest BCUT2D eigenvalue weighted by Crippen LogP contribution is 2.37. The van der Waals surface area contributed by atoms with Gasteiger partial charge in [-0.3, -0.25) is 4.79 Å². The van der Waals surface area contributed by atoms with Crippen molar-refractivity contribution in [3.8, 4) is 0 Å². The monoisotopic (exact) mass is 263 g/mol. The minimum absolute atomic E-state index is 0.138. The van der Waals surface area contributed by atoms with Crippen molar-refractivity contribution in [1.82, 2.24) is 0 Å². The third-order valence-electron chi connectivity index (χ3n) is 2.78. The van der Waals surface area contributed by atoms with Crippen LogP contribution in [-0.4, -0.2) is 19.0 Å². The highest BCUT2D eigenvalue weighted by Gasteiger charge is 2.19. The Morgan fingerprint density at radius 2 is 2.06 bits per heavy atom. The van der Waals surface area contributed by atoms with E-state index in [9.17, 15) is 9.59 Å². The fourth-order valence-electron chi connectivity index (χ4n) is 1.58. The third kappa shape index (κ3) is 2.26. The van der Waals surface area contributed by atoms with E-state index in [1.54, 1.807) is 19.1 Å². The summed E-state index contributed by atoms with van der Waals surface area (Å²) in [5, 5.41) is 2.80. The van der Waals surface area contributed by atoms with Crippen LogP contribution in [-0.2, 0) is 9.53 Å². The molecular weight excluding hydrogens is 250 g/mol. The Kier molecular flexibility index (Phi) is 3.43. The number of allylic oxidation sites excluding steroid dienone is 1. The van der Waals surface area contributed by atoms with E-state index in [4.69, 9.17) is 0 Å². The summed E-state index contributed by atoms with van der Waals surface area (Å²) >= 11 is 1.52. The number of benzene rings is 1. The van der Waals surface area contributed by atoms with Crippen LogP contribution >= 0.6 is 11.8 Å². The average molecular weight is 263 g/mol. The lowest BCUT2D eigenvalue weighted by Crippen LogP contribution is -2.13. The lowest BCUT2D eigenvalue weighted by Gasteiger charge is -2.08. The molecule has 0 radical (unpaired) electrons. The molecule has 0 bridgehead atoms. The molecule has 0 atom stereocenters. The van der Waals surface area contributed by atoms with Gasteiger partial charge < -0.3 is 10.1 Å². The number of hydrogen-bond acceptors (Lipinski definition) is 4. The molecule has 1 aliphatic heterocycles. The molecule has 1 N–H and O–H groups in total. The Labute approximate surface area is 109 Å². The molecule has 0 aromatic heterocycles. The van der Waals surface area contributed by atoms with Crippen molar-refractivity contribution >= 4 is 29.3 Å². The second kappa shape index (κ2) is 4.86. The van der Waals surface area contributed by atoms with Crippen molar-refractivity contribution in [2.24, 2.45) is 0 Å². The zero-order chi connectivity index (χ0) is 13.3. The predicted octanol–water partition coefficient (Wildman–Crippen LogP) is 2.81. The number of fused-ring (bicyclic) bond motifs is 1. The summed E-state index contributed by atoms with van der Waals surface area (Å²) in [6.45, 7) is 3.69. The zero-order valence-electron chi connectivity index (χ0n) is 10.4. The molecule has 2 rings (SSSR count). The molecule has 0 fully saturated rings. The largest absolute Gasteiger partial charge is 0.465 e. The minimum Gasteiger partial charge on any atom is -0.465 e. The molecule has 0 saturated carbocycles. The van der Waals surface area contributed by atoms with Gasteiger partial charge in [0.2, 0.25) is 0 Å². The average Bonchev–Trinajstić information content (AvgIpc) is 2.47. The van der Waals surface area contributed by atoms with Crippen molar-refractivity contribution in [3.05, 3.63) is 34.2 Å². The predicted molar refractivity (Wildman–Crippen MR) is 70.6 cm³/mol. The summed E-state index contributed by atoms with van der Waals surface area (Å²) in [6, 6.07) is 5.14. The Bertz CT molecular complexity index is 563. The van der Waals surface area contributed by atoms with Crippen LogP contribution in [0.2, 0.25) is 0 Å². The highest BCUT2D eigenvalue weighted by atomic mass is 32.2. The van der Waals surface area contributed by atoms with Gasteiger partial charge in [0.1, 0.15) is 0 Å². The zero-order valence-corrected chi connectivity index (χ0v) is 11.2. The molecule has 1 aliphatic rings. The Morgan fingerprint density at radius 1 is 1.33 bits per heavy atom.